The van der Waals surface area contributed by atoms with E-state index in [1.165, 1.54) is 11.9 Å². The maximum Gasteiger partial charge on any atom is 0.326 e. The van der Waals surface area contributed by atoms with Crippen LogP contribution in [0.3, 0.4) is 0 Å². The van der Waals surface area contributed by atoms with Crippen molar-refractivity contribution in [1.82, 2.24) is 4.90 Å². The summed E-state index contributed by atoms with van der Waals surface area (Å²) in [6.07, 6.45) is 1.22. The molecular weight excluding hydrogens is 338 g/mol. The number of hydrogen-bond donors (Lipinski definition) is 1. The topological polar surface area (TPSA) is 66.8 Å². The van der Waals surface area contributed by atoms with E-state index in [0.717, 1.165) is 10.2 Å². The highest BCUT2D eigenvalue weighted by Crippen LogP contribution is 2.16. The number of rotatable bonds is 8. The van der Waals surface area contributed by atoms with Crippen LogP contribution in [0, 0.1) is 0 Å². The zero-order valence-electron chi connectivity index (χ0n) is 12.2. The van der Waals surface area contributed by atoms with Crippen molar-refractivity contribution in [2.45, 2.75) is 32.2 Å². The number of ether oxygens (including phenoxy) is 1. The molecule has 1 aromatic carbocycles. The molecule has 0 saturated heterocycles. The Hall–Kier alpha value is -1.56. The Morgan fingerprint density at radius 2 is 1.95 bits per heavy atom. The maximum atomic E-state index is 11.9. The molecule has 1 atom stereocenters. The number of nitrogens with zero attached hydrogens (tertiary/aromatic N) is 1. The number of aliphatic carboxylic acids is 1. The third kappa shape index (κ3) is 5.75. The van der Waals surface area contributed by atoms with E-state index in [1.807, 2.05) is 24.3 Å². The van der Waals surface area contributed by atoms with E-state index in [1.54, 1.807) is 6.92 Å². The van der Waals surface area contributed by atoms with Crippen LogP contribution in [0.1, 0.15) is 26.2 Å². The van der Waals surface area contributed by atoms with Gasteiger partial charge in [0.05, 0.1) is 6.61 Å². The number of carbonyl (C=O) groups is 2. The van der Waals surface area contributed by atoms with Gasteiger partial charge in [-0.2, -0.15) is 0 Å². The second-order valence-corrected chi connectivity index (χ2v) is 5.59. The first-order chi connectivity index (χ1) is 9.95. The van der Waals surface area contributed by atoms with Crippen molar-refractivity contribution in [2.75, 3.05) is 13.7 Å². The van der Waals surface area contributed by atoms with Crippen LogP contribution >= 0.6 is 15.9 Å². The minimum Gasteiger partial charge on any atom is -0.494 e. The lowest BCUT2D eigenvalue weighted by Crippen LogP contribution is -2.41. The number of carbonyl (C=O) groups excluding carboxylic acids is 1. The molecule has 0 aromatic heterocycles. The highest BCUT2D eigenvalue weighted by molar-refractivity contribution is 9.10. The molecule has 0 aliphatic rings. The van der Waals surface area contributed by atoms with Gasteiger partial charge in [0.1, 0.15) is 11.8 Å². The van der Waals surface area contributed by atoms with Gasteiger partial charge in [-0.1, -0.05) is 22.9 Å². The molecule has 0 radical (unpaired) electrons. The van der Waals surface area contributed by atoms with Gasteiger partial charge in [0.2, 0.25) is 5.91 Å². The summed E-state index contributed by atoms with van der Waals surface area (Å²) in [6, 6.07) is 6.69. The number of carboxylic acids is 1. The fourth-order valence-electron chi connectivity index (χ4n) is 1.91. The average molecular weight is 358 g/mol. The summed E-state index contributed by atoms with van der Waals surface area (Å²) in [6.45, 7) is 2.17. The zero-order valence-corrected chi connectivity index (χ0v) is 13.8. The molecule has 21 heavy (non-hydrogen) atoms. The molecule has 0 aliphatic carbocycles. The molecule has 6 heteroatoms. The number of benzene rings is 1. The van der Waals surface area contributed by atoms with Crippen LogP contribution < -0.4 is 4.74 Å². The molecule has 5 nitrogen and oxygen atoms in total. The Kier molecular flexibility index (Phi) is 7.22. The first-order valence-corrected chi connectivity index (χ1v) is 7.61. The molecule has 1 rings (SSSR count). The molecule has 0 heterocycles. The Labute approximate surface area is 133 Å². The summed E-state index contributed by atoms with van der Waals surface area (Å²) in [4.78, 5) is 24.2. The average Bonchev–Trinajstić information content (AvgIpc) is 2.45. The summed E-state index contributed by atoms with van der Waals surface area (Å²) in [5, 5.41) is 9.01. The number of hydrogen-bond acceptors (Lipinski definition) is 3. The van der Waals surface area contributed by atoms with Crippen molar-refractivity contribution in [3.05, 3.63) is 28.7 Å². The molecule has 0 saturated carbocycles. The van der Waals surface area contributed by atoms with Crippen molar-refractivity contribution in [3.8, 4) is 5.75 Å². The molecule has 1 unspecified atom stereocenters. The Morgan fingerprint density at radius 1 is 1.33 bits per heavy atom. The van der Waals surface area contributed by atoms with Crippen LogP contribution in [0.2, 0.25) is 0 Å². The summed E-state index contributed by atoms with van der Waals surface area (Å²) in [5.41, 5.74) is 0. The Morgan fingerprint density at radius 3 is 2.48 bits per heavy atom. The normalized spacial score (nSPS) is 11.8. The molecule has 0 bridgehead atoms. The predicted octanol–water partition coefficient (Wildman–Crippen LogP) is 2.93. The van der Waals surface area contributed by atoms with Gasteiger partial charge >= 0.3 is 5.97 Å². The fraction of sp³-hybridized carbons (Fsp3) is 0.467. The van der Waals surface area contributed by atoms with Crippen LogP contribution in [0.5, 0.6) is 5.75 Å². The second-order valence-electron chi connectivity index (χ2n) is 4.67. The predicted molar refractivity (Wildman–Crippen MR) is 83.4 cm³/mol. The van der Waals surface area contributed by atoms with Gasteiger partial charge in [0, 0.05) is 17.9 Å². The van der Waals surface area contributed by atoms with Crippen molar-refractivity contribution < 1.29 is 19.4 Å². The lowest BCUT2D eigenvalue weighted by molar-refractivity contribution is -0.149. The van der Waals surface area contributed by atoms with E-state index in [9.17, 15) is 9.59 Å². The molecule has 0 fully saturated rings. The zero-order chi connectivity index (χ0) is 15.8. The SMILES string of the molecule is CCC(C(=O)O)N(C)C(=O)CCCOc1ccc(Br)cc1. The molecule has 1 amide bonds. The highest BCUT2D eigenvalue weighted by atomic mass is 79.9. The van der Waals surface area contributed by atoms with Gasteiger partial charge in [0.25, 0.3) is 0 Å². The van der Waals surface area contributed by atoms with Gasteiger partial charge in [-0.3, -0.25) is 4.79 Å². The first kappa shape index (κ1) is 17.5. The largest absolute Gasteiger partial charge is 0.494 e. The van der Waals surface area contributed by atoms with Gasteiger partial charge < -0.3 is 14.7 Å². The quantitative estimate of drug-likeness (QED) is 0.726. The van der Waals surface area contributed by atoms with Crippen molar-refractivity contribution in [3.63, 3.8) is 0 Å². The van der Waals surface area contributed by atoms with Crippen molar-refractivity contribution in [2.24, 2.45) is 0 Å². The third-order valence-corrected chi connectivity index (χ3v) is 3.68. The Bertz CT molecular complexity index is 475. The lowest BCUT2D eigenvalue weighted by atomic mass is 10.2. The van der Waals surface area contributed by atoms with E-state index < -0.39 is 12.0 Å². The number of amides is 1. The monoisotopic (exact) mass is 357 g/mol. The lowest BCUT2D eigenvalue weighted by Gasteiger charge is -2.23. The molecule has 1 N–H and O–H groups in total. The smallest absolute Gasteiger partial charge is 0.326 e. The molecule has 116 valence electrons. The number of likely N-dealkylation sites (N-methyl/N-ethyl adjacent to an activating group) is 1. The van der Waals surface area contributed by atoms with E-state index >= 15 is 0 Å². The van der Waals surface area contributed by atoms with E-state index in [4.69, 9.17) is 9.84 Å². The van der Waals surface area contributed by atoms with Crippen LogP contribution in [0.4, 0.5) is 0 Å². The summed E-state index contributed by atoms with van der Waals surface area (Å²) < 4.78 is 6.50. The summed E-state index contributed by atoms with van der Waals surface area (Å²) in [5.74, 6) is -0.404. The minimum absolute atomic E-state index is 0.177. The van der Waals surface area contributed by atoms with E-state index in [0.29, 0.717) is 19.4 Å². The van der Waals surface area contributed by atoms with Gasteiger partial charge in [0.15, 0.2) is 0 Å². The standard InChI is InChI=1S/C15H20BrNO4/c1-3-13(15(19)20)17(2)14(18)5-4-10-21-12-8-6-11(16)7-9-12/h6-9,13H,3-5,10H2,1-2H3,(H,19,20). The summed E-state index contributed by atoms with van der Waals surface area (Å²) in [7, 11) is 1.53. The van der Waals surface area contributed by atoms with Gasteiger partial charge in [-0.15, -0.1) is 0 Å². The highest BCUT2D eigenvalue weighted by Gasteiger charge is 2.23. The van der Waals surface area contributed by atoms with Crippen LogP contribution in [0.25, 0.3) is 0 Å². The van der Waals surface area contributed by atoms with Crippen LogP contribution in [0.15, 0.2) is 28.7 Å². The third-order valence-electron chi connectivity index (χ3n) is 3.15. The number of halogens is 1. The molecule has 0 spiro atoms. The van der Waals surface area contributed by atoms with Crippen molar-refractivity contribution >= 4 is 27.8 Å². The van der Waals surface area contributed by atoms with Gasteiger partial charge in [-0.25, -0.2) is 4.79 Å². The van der Waals surface area contributed by atoms with Crippen LogP contribution in [-0.4, -0.2) is 41.6 Å². The van der Waals surface area contributed by atoms with Gasteiger partial charge in [-0.05, 0) is 37.1 Å². The Balaban J connectivity index is 2.33. The van der Waals surface area contributed by atoms with E-state index in [2.05, 4.69) is 15.9 Å². The van der Waals surface area contributed by atoms with E-state index in [-0.39, 0.29) is 12.3 Å². The fourth-order valence-corrected chi connectivity index (χ4v) is 2.17. The molecular formula is C15H20BrNO4. The van der Waals surface area contributed by atoms with Crippen molar-refractivity contribution in [1.29, 1.82) is 0 Å². The number of carboxylic acid groups (broad SMARTS) is 1. The molecule has 1 aromatic rings. The minimum atomic E-state index is -0.973. The first-order valence-electron chi connectivity index (χ1n) is 6.82. The molecule has 0 aliphatic heterocycles. The van der Waals surface area contributed by atoms with Crippen LogP contribution in [-0.2, 0) is 9.59 Å². The summed E-state index contributed by atoms with van der Waals surface area (Å²) >= 11 is 3.34. The maximum absolute atomic E-state index is 11.9. The second kappa shape index (κ2) is 8.67.